The number of sulfonamides is 1. The topological polar surface area (TPSA) is 96.0 Å². The Morgan fingerprint density at radius 2 is 1.69 bits per heavy atom. The zero-order valence-electron chi connectivity index (χ0n) is 24.3. The first-order valence-corrected chi connectivity index (χ1v) is 16.4. The molecule has 0 saturated heterocycles. The summed E-state index contributed by atoms with van der Waals surface area (Å²) in [5.74, 6) is -0.322. The van der Waals surface area contributed by atoms with Gasteiger partial charge in [0.1, 0.15) is 18.3 Å². The van der Waals surface area contributed by atoms with Crippen molar-refractivity contribution in [3.63, 3.8) is 0 Å². The Morgan fingerprint density at radius 1 is 1.02 bits per heavy atom. The summed E-state index contributed by atoms with van der Waals surface area (Å²) in [6, 6.07) is 17.5. The first kappa shape index (κ1) is 33.4. The molecule has 0 bridgehead atoms. The van der Waals surface area contributed by atoms with Crippen molar-refractivity contribution in [2.75, 3.05) is 24.5 Å². The minimum absolute atomic E-state index is 0.0165. The molecule has 1 atom stereocenters. The molecule has 11 heteroatoms. The van der Waals surface area contributed by atoms with E-state index in [9.17, 15) is 18.0 Å². The van der Waals surface area contributed by atoms with E-state index in [1.165, 1.54) is 24.1 Å². The lowest BCUT2D eigenvalue weighted by Crippen LogP contribution is -2.52. The van der Waals surface area contributed by atoms with Crippen molar-refractivity contribution in [3.05, 3.63) is 87.4 Å². The highest BCUT2D eigenvalue weighted by Crippen LogP contribution is 2.31. The molecule has 3 rings (SSSR count). The van der Waals surface area contributed by atoms with E-state index in [4.69, 9.17) is 16.3 Å². The molecule has 8 nitrogen and oxygen atoms in total. The number of hydrogen-bond donors (Lipinski definition) is 1. The Kier molecular flexibility index (Phi) is 12.3. The predicted molar refractivity (Wildman–Crippen MR) is 170 cm³/mol. The molecule has 0 aliphatic rings. The number of anilines is 1. The van der Waals surface area contributed by atoms with E-state index in [1.54, 1.807) is 54.6 Å². The molecule has 3 aromatic carbocycles. The zero-order valence-corrected chi connectivity index (χ0v) is 27.4. The molecular formula is C31H37BrClN3O5S. The van der Waals surface area contributed by atoms with Crippen LogP contribution in [0.3, 0.4) is 0 Å². The van der Waals surface area contributed by atoms with Crippen molar-refractivity contribution >= 4 is 55.1 Å². The standard InChI is InChI=1S/C31H37BrClN3O5S/c1-5-7-18-34-31(38)28(6-2)35(20-23-10-12-24(33)13-11-23)30(37)21-36(25-14-8-22(3)9-15-25)42(39,40)26-16-17-29(41-4)27(32)19-26/h8-17,19,28H,5-7,18,20-21H2,1-4H3,(H,34,38). The number of aryl methyl sites for hydroxylation is 1. The summed E-state index contributed by atoms with van der Waals surface area (Å²) in [5, 5.41) is 3.47. The van der Waals surface area contributed by atoms with Crippen molar-refractivity contribution in [2.45, 2.75) is 57.5 Å². The van der Waals surface area contributed by atoms with Crippen LogP contribution in [0.25, 0.3) is 0 Å². The average Bonchev–Trinajstić information content (AvgIpc) is 2.97. The summed E-state index contributed by atoms with van der Waals surface area (Å²) in [6.45, 7) is 5.83. The summed E-state index contributed by atoms with van der Waals surface area (Å²) in [6.07, 6.45) is 2.07. The molecule has 226 valence electrons. The first-order chi connectivity index (χ1) is 20.0. The molecular weight excluding hydrogens is 642 g/mol. The molecule has 0 saturated carbocycles. The maximum absolute atomic E-state index is 14.1. The van der Waals surface area contributed by atoms with Gasteiger partial charge in [-0.1, -0.05) is 61.7 Å². The second kappa shape index (κ2) is 15.4. The minimum Gasteiger partial charge on any atom is -0.496 e. The number of hydrogen-bond acceptors (Lipinski definition) is 5. The van der Waals surface area contributed by atoms with Gasteiger partial charge < -0.3 is 15.0 Å². The summed E-state index contributed by atoms with van der Waals surface area (Å²) >= 11 is 9.44. The van der Waals surface area contributed by atoms with Crippen molar-refractivity contribution in [3.8, 4) is 5.75 Å². The highest BCUT2D eigenvalue weighted by molar-refractivity contribution is 9.10. The lowest BCUT2D eigenvalue weighted by molar-refractivity contribution is -0.140. The highest BCUT2D eigenvalue weighted by Gasteiger charge is 2.34. The molecule has 0 spiro atoms. The Morgan fingerprint density at radius 3 is 2.26 bits per heavy atom. The zero-order chi connectivity index (χ0) is 30.9. The van der Waals surface area contributed by atoms with Crippen LogP contribution in [0.4, 0.5) is 5.69 Å². The van der Waals surface area contributed by atoms with Crippen LogP contribution in [0.1, 0.15) is 44.2 Å². The molecule has 42 heavy (non-hydrogen) atoms. The van der Waals surface area contributed by atoms with Crippen molar-refractivity contribution in [1.82, 2.24) is 10.2 Å². The molecule has 0 fully saturated rings. The number of carbonyl (C=O) groups is 2. The number of nitrogens with one attached hydrogen (secondary N) is 1. The van der Waals surface area contributed by atoms with Crippen LogP contribution >= 0.6 is 27.5 Å². The quantitative estimate of drug-likeness (QED) is 0.201. The van der Waals surface area contributed by atoms with Gasteiger partial charge in [0.25, 0.3) is 10.0 Å². The number of rotatable bonds is 14. The number of ether oxygens (including phenoxy) is 1. The number of benzene rings is 3. The van der Waals surface area contributed by atoms with E-state index in [2.05, 4.69) is 21.2 Å². The third-order valence-electron chi connectivity index (χ3n) is 6.79. The normalized spacial score (nSPS) is 12.0. The predicted octanol–water partition coefficient (Wildman–Crippen LogP) is 6.34. The third kappa shape index (κ3) is 8.49. The van der Waals surface area contributed by atoms with Crippen LogP contribution in [0.5, 0.6) is 5.75 Å². The van der Waals surface area contributed by atoms with Gasteiger partial charge in [0, 0.05) is 18.1 Å². The maximum atomic E-state index is 14.1. The lowest BCUT2D eigenvalue weighted by atomic mass is 10.1. The third-order valence-corrected chi connectivity index (χ3v) is 9.44. The molecule has 2 amide bonds. The fraction of sp³-hybridized carbons (Fsp3) is 0.355. The van der Waals surface area contributed by atoms with Gasteiger partial charge in [0.15, 0.2) is 0 Å². The molecule has 0 aliphatic carbocycles. The van der Waals surface area contributed by atoms with Gasteiger partial charge >= 0.3 is 0 Å². The lowest BCUT2D eigenvalue weighted by Gasteiger charge is -2.33. The van der Waals surface area contributed by atoms with Crippen LogP contribution in [-0.2, 0) is 26.2 Å². The maximum Gasteiger partial charge on any atom is 0.264 e. The van der Waals surface area contributed by atoms with E-state index in [-0.39, 0.29) is 17.3 Å². The van der Waals surface area contributed by atoms with Crippen molar-refractivity contribution in [1.29, 1.82) is 0 Å². The van der Waals surface area contributed by atoms with Gasteiger partial charge in [-0.25, -0.2) is 8.42 Å². The van der Waals surface area contributed by atoms with Gasteiger partial charge in [-0.15, -0.1) is 0 Å². The Hall–Kier alpha value is -3.08. The Bertz CT molecular complexity index is 1470. The van der Waals surface area contributed by atoms with Crippen molar-refractivity contribution < 1.29 is 22.7 Å². The first-order valence-electron chi connectivity index (χ1n) is 13.8. The van der Waals surface area contributed by atoms with Crippen LogP contribution in [-0.4, -0.2) is 51.4 Å². The van der Waals surface area contributed by atoms with Gasteiger partial charge in [-0.2, -0.15) is 0 Å². The van der Waals surface area contributed by atoms with E-state index >= 15 is 0 Å². The number of methoxy groups -OCH3 is 1. The van der Waals surface area contributed by atoms with Crippen LogP contribution in [0, 0.1) is 6.92 Å². The summed E-state index contributed by atoms with van der Waals surface area (Å²) < 4.78 is 34.9. The Balaban J connectivity index is 2.05. The van der Waals surface area contributed by atoms with E-state index < -0.39 is 28.5 Å². The molecule has 0 heterocycles. The summed E-state index contributed by atoms with van der Waals surface area (Å²) in [7, 11) is -2.72. The van der Waals surface area contributed by atoms with E-state index in [1.807, 2.05) is 20.8 Å². The average molecular weight is 679 g/mol. The highest BCUT2D eigenvalue weighted by atomic mass is 79.9. The largest absolute Gasteiger partial charge is 0.496 e. The minimum atomic E-state index is -4.21. The fourth-order valence-corrected chi connectivity index (χ4v) is 6.65. The number of carbonyl (C=O) groups excluding carboxylic acids is 2. The van der Waals surface area contributed by atoms with Crippen LogP contribution < -0.4 is 14.4 Å². The monoisotopic (exact) mass is 677 g/mol. The van der Waals surface area contributed by atoms with Crippen LogP contribution in [0.2, 0.25) is 5.02 Å². The molecule has 1 unspecified atom stereocenters. The molecule has 1 N–H and O–H groups in total. The number of amides is 2. The summed E-state index contributed by atoms with van der Waals surface area (Å²) in [4.78, 5) is 28.8. The smallest absolute Gasteiger partial charge is 0.264 e. The van der Waals surface area contributed by atoms with E-state index in [0.29, 0.717) is 33.9 Å². The van der Waals surface area contributed by atoms with E-state index in [0.717, 1.165) is 28.3 Å². The van der Waals surface area contributed by atoms with Crippen LogP contribution in [0.15, 0.2) is 76.1 Å². The van der Waals surface area contributed by atoms with Gasteiger partial charge in [-0.3, -0.25) is 13.9 Å². The van der Waals surface area contributed by atoms with Gasteiger partial charge in [-0.05, 0) is 83.7 Å². The molecule has 0 radical (unpaired) electrons. The SMILES string of the molecule is CCCCNC(=O)C(CC)N(Cc1ccc(Cl)cc1)C(=O)CN(c1ccc(C)cc1)S(=O)(=O)c1ccc(OC)c(Br)c1. The molecule has 0 aromatic heterocycles. The number of nitrogens with zero attached hydrogens (tertiary/aromatic N) is 2. The Labute approximate surface area is 262 Å². The number of halogens is 2. The second-order valence-corrected chi connectivity index (χ2v) is 13.0. The number of unbranched alkanes of at least 4 members (excludes halogenated alkanes) is 1. The molecule has 0 aliphatic heterocycles. The molecule has 3 aromatic rings. The van der Waals surface area contributed by atoms with Gasteiger partial charge in [0.05, 0.1) is 22.2 Å². The van der Waals surface area contributed by atoms with Gasteiger partial charge in [0.2, 0.25) is 11.8 Å². The summed E-state index contributed by atoms with van der Waals surface area (Å²) in [5.41, 5.74) is 2.03. The van der Waals surface area contributed by atoms with Crippen molar-refractivity contribution in [2.24, 2.45) is 0 Å². The fourth-order valence-electron chi connectivity index (χ4n) is 4.39. The second-order valence-electron chi connectivity index (χ2n) is 9.86.